The minimum atomic E-state index is -0.306. The van der Waals surface area contributed by atoms with E-state index in [4.69, 9.17) is 9.26 Å². The van der Waals surface area contributed by atoms with Crippen LogP contribution >= 0.6 is 11.8 Å². The number of morpholine rings is 1. The second-order valence-electron chi connectivity index (χ2n) is 7.31. The molecule has 5 rings (SSSR count). The summed E-state index contributed by atoms with van der Waals surface area (Å²) in [5.41, 5.74) is 2.85. The number of ether oxygens (including phenoxy) is 1. The standard InChI is InChI=1S/C22H21FN6O2S/c1-15-4-2-3-5-18(15)29-21(28-10-12-30-13-11-28)25-26-22(29)32-14-19-24-20(27-31-19)16-6-8-17(23)9-7-16/h2-9H,10-14H2,1H3. The van der Waals surface area contributed by atoms with Crippen LogP contribution in [0.1, 0.15) is 11.5 Å². The fourth-order valence-electron chi connectivity index (χ4n) is 3.50. The highest BCUT2D eigenvalue weighted by molar-refractivity contribution is 7.98. The number of halogens is 1. The van der Waals surface area contributed by atoms with E-state index in [1.165, 1.54) is 23.9 Å². The van der Waals surface area contributed by atoms with E-state index in [1.54, 1.807) is 12.1 Å². The van der Waals surface area contributed by atoms with Crippen molar-refractivity contribution in [2.45, 2.75) is 17.8 Å². The molecule has 0 N–H and O–H groups in total. The summed E-state index contributed by atoms with van der Waals surface area (Å²) >= 11 is 1.47. The summed E-state index contributed by atoms with van der Waals surface area (Å²) in [4.78, 5) is 6.62. The highest BCUT2D eigenvalue weighted by Crippen LogP contribution is 2.30. The van der Waals surface area contributed by atoms with Gasteiger partial charge in [-0.05, 0) is 42.8 Å². The molecule has 0 aliphatic carbocycles. The molecule has 0 bridgehead atoms. The molecule has 1 aliphatic heterocycles. The number of thioether (sulfide) groups is 1. The van der Waals surface area contributed by atoms with Crippen LogP contribution in [-0.4, -0.2) is 51.2 Å². The molecule has 32 heavy (non-hydrogen) atoms. The Morgan fingerprint density at radius 3 is 2.59 bits per heavy atom. The summed E-state index contributed by atoms with van der Waals surface area (Å²) in [5, 5.41) is 13.7. The third-order valence-corrected chi connectivity index (χ3v) is 6.08. The average molecular weight is 453 g/mol. The Labute approximate surface area is 188 Å². The molecule has 2 aromatic heterocycles. The topological polar surface area (TPSA) is 82.1 Å². The fraction of sp³-hybridized carbons (Fsp3) is 0.273. The molecule has 1 aliphatic rings. The summed E-state index contributed by atoms with van der Waals surface area (Å²) in [6, 6.07) is 14.1. The van der Waals surface area contributed by atoms with Crippen molar-refractivity contribution in [3.63, 3.8) is 0 Å². The summed E-state index contributed by atoms with van der Waals surface area (Å²) in [5.74, 6) is 1.81. The molecule has 10 heteroatoms. The lowest BCUT2D eigenvalue weighted by Crippen LogP contribution is -2.38. The zero-order chi connectivity index (χ0) is 21.9. The molecular formula is C22H21FN6O2S. The molecule has 0 spiro atoms. The molecule has 0 unspecified atom stereocenters. The third kappa shape index (κ3) is 4.23. The highest BCUT2D eigenvalue weighted by atomic mass is 32.2. The van der Waals surface area contributed by atoms with Gasteiger partial charge in [0, 0.05) is 18.7 Å². The van der Waals surface area contributed by atoms with Gasteiger partial charge in [-0.15, -0.1) is 10.2 Å². The quantitative estimate of drug-likeness (QED) is 0.408. The second kappa shape index (κ2) is 9.09. The number of aromatic nitrogens is 5. The number of hydrogen-bond acceptors (Lipinski definition) is 8. The number of anilines is 1. The maximum atomic E-state index is 13.2. The molecular weight excluding hydrogens is 431 g/mol. The summed E-state index contributed by atoms with van der Waals surface area (Å²) < 4.78 is 26.1. The minimum absolute atomic E-state index is 0.306. The van der Waals surface area contributed by atoms with Crippen molar-refractivity contribution in [3.8, 4) is 17.1 Å². The zero-order valence-electron chi connectivity index (χ0n) is 17.4. The van der Waals surface area contributed by atoms with Crippen LogP contribution in [-0.2, 0) is 10.5 Å². The van der Waals surface area contributed by atoms with Crippen LogP contribution in [0.5, 0.6) is 0 Å². The van der Waals surface area contributed by atoms with E-state index in [0.29, 0.717) is 36.2 Å². The number of para-hydroxylation sites is 1. The molecule has 1 saturated heterocycles. The van der Waals surface area contributed by atoms with E-state index in [9.17, 15) is 4.39 Å². The van der Waals surface area contributed by atoms with Crippen LogP contribution in [0.4, 0.5) is 10.3 Å². The molecule has 4 aromatic rings. The van der Waals surface area contributed by atoms with Crippen LogP contribution < -0.4 is 4.90 Å². The number of benzene rings is 2. The van der Waals surface area contributed by atoms with Crippen molar-refractivity contribution >= 4 is 17.7 Å². The largest absolute Gasteiger partial charge is 0.378 e. The van der Waals surface area contributed by atoms with Gasteiger partial charge >= 0.3 is 0 Å². The molecule has 2 aromatic carbocycles. The molecule has 0 radical (unpaired) electrons. The molecule has 0 amide bonds. The van der Waals surface area contributed by atoms with Crippen molar-refractivity contribution in [1.29, 1.82) is 0 Å². The molecule has 3 heterocycles. The van der Waals surface area contributed by atoms with Crippen LogP contribution in [0.25, 0.3) is 17.1 Å². The van der Waals surface area contributed by atoms with Gasteiger partial charge in [0.1, 0.15) is 5.82 Å². The lowest BCUT2D eigenvalue weighted by molar-refractivity contribution is 0.122. The Bertz CT molecular complexity index is 1200. The first-order chi connectivity index (χ1) is 15.7. The lowest BCUT2D eigenvalue weighted by atomic mass is 10.2. The summed E-state index contributed by atoms with van der Waals surface area (Å²) in [6.45, 7) is 4.92. The average Bonchev–Trinajstić information content (AvgIpc) is 3.46. The number of rotatable bonds is 6. The van der Waals surface area contributed by atoms with Crippen molar-refractivity contribution in [2.24, 2.45) is 0 Å². The second-order valence-corrected chi connectivity index (χ2v) is 8.25. The van der Waals surface area contributed by atoms with Gasteiger partial charge in [-0.25, -0.2) is 4.39 Å². The lowest BCUT2D eigenvalue weighted by Gasteiger charge is -2.28. The molecule has 164 valence electrons. The SMILES string of the molecule is Cc1ccccc1-n1c(SCc2nc(-c3ccc(F)cc3)no2)nnc1N1CCOCC1. The van der Waals surface area contributed by atoms with Gasteiger partial charge in [-0.1, -0.05) is 35.1 Å². The summed E-state index contributed by atoms with van der Waals surface area (Å²) in [6.07, 6.45) is 0. The molecule has 1 fully saturated rings. The predicted octanol–water partition coefficient (Wildman–Crippen LogP) is 3.89. The Hall–Kier alpha value is -3.24. The van der Waals surface area contributed by atoms with Crippen LogP contribution in [0.2, 0.25) is 0 Å². The van der Waals surface area contributed by atoms with Gasteiger partial charge in [0.2, 0.25) is 17.7 Å². The Balaban J connectivity index is 1.41. The van der Waals surface area contributed by atoms with E-state index in [0.717, 1.165) is 35.4 Å². The van der Waals surface area contributed by atoms with Gasteiger partial charge < -0.3 is 14.2 Å². The van der Waals surface area contributed by atoms with E-state index in [1.807, 2.05) is 12.1 Å². The van der Waals surface area contributed by atoms with Crippen LogP contribution in [0.15, 0.2) is 58.2 Å². The number of nitrogens with zero attached hydrogens (tertiary/aromatic N) is 6. The van der Waals surface area contributed by atoms with Gasteiger partial charge in [0.15, 0.2) is 5.16 Å². The van der Waals surface area contributed by atoms with Gasteiger partial charge in [0.05, 0.1) is 24.7 Å². The van der Waals surface area contributed by atoms with Gasteiger partial charge in [-0.3, -0.25) is 4.57 Å². The van der Waals surface area contributed by atoms with E-state index < -0.39 is 0 Å². The molecule has 0 saturated carbocycles. The number of hydrogen-bond donors (Lipinski definition) is 0. The smallest absolute Gasteiger partial charge is 0.237 e. The van der Waals surface area contributed by atoms with Gasteiger partial charge in [0.25, 0.3) is 0 Å². The number of aryl methyl sites for hydroxylation is 1. The summed E-state index contributed by atoms with van der Waals surface area (Å²) in [7, 11) is 0. The van der Waals surface area contributed by atoms with Gasteiger partial charge in [-0.2, -0.15) is 4.98 Å². The van der Waals surface area contributed by atoms with E-state index in [2.05, 4.69) is 48.9 Å². The minimum Gasteiger partial charge on any atom is -0.378 e. The van der Waals surface area contributed by atoms with E-state index in [-0.39, 0.29) is 5.82 Å². The van der Waals surface area contributed by atoms with E-state index >= 15 is 0 Å². The fourth-order valence-corrected chi connectivity index (χ4v) is 4.28. The first-order valence-electron chi connectivity index (χ1n) is 10.2. The third-order valence-electron chi connectivity index (χ3n) is 5.16. The van der Waals surface area contributed by atoms with Crippen molar-refractivity contribution in [3.05, 3.63) is 65.8 Å². The van der Waals surface area contributed by atoms with Crippen LogP contribution in [0, 0.1) is 12.7 Å². The normalized spacial score (nSPS) is 14.1. The Kier molecular flexibility index (Phi) is 5.87. The monoisotopic (exact) mass is 452 g/mol. The van der Waals surface area contributed by atoms with Crippen molar-refractivity contribution in [2.75, 3.05) is 31.2 Å². The zero-order valence-corrected chi connectivity index (χ0v) is 18.3. The Morgan fingerprint density at radius 1 is 1.03 bits per heavy atom. The maximum absolute atomic E-state index is 13.2. The first-order valence-corrected chi connectivity index (χ1v) is 11.2. The van der Waals surface area contributed by atoms with Crippen LogP contribution in [0.3, 0.4) is 0 Å². The van der Waals surface area contributed by atoms with Crippen molar-refractivity contribution in [1.82, 2.24) is 24.9 Å². The Morgan fingerprint density at radius 2 is 1.81 bits per heavy atom. The maximum Gasteiger partial charge on any atom is 0.237 e. The molecule has 8 nitrogen and oxygen atoms in total. The highest BCUT2D eigenvalue weighted by Gasteiger charge is 2.23. The first kappa shape index (κ1) is 20.7. The molecule has 0 atom stereocenters. The van der Waals surface area contributed by atoms with Crippen molar-refractivity contribution < 1.29 is 13.7 Å². The predicted molar refractivity (Wildman–Crippen MR) is 118 cm³/mol.